The van der Waals surface area contributed by atoms with Crippen LogP contribution in [0, 0.1) is 12.7 Å². The number of carbonyl (C=O) groups excluding carboxylic acids is 1. The first-order valence-electron chi connectivity index (χ1n) is 13.2. The van der Waals surface area contributed by atoms with Crippen LogP contribution in [0.3, 0.4) is 0 Å². The number of nitrogens with zero attached hydrogens (tertiary/aromatic N) is 2. The molecule has 0 N–H and O–H groups in total. The summed E-state index contributed by atoms with van der Waals surface area (Å²) in [6.45, 7) is 5.84. The first kappa shape index (κ1) is 29.5. The van der Waals surface area contributed by atoms with Gasteiger partial charge >= 0.3 is 5.97 Å². The summed E-state index contributed by atoms with van der Waals surface area (Å²) in [4.78, 5) is 32.3. The Morgan fingerprint density at radius 1 is 1.12 bits per heavy atom. The van der Waals surface area contributed by atoms with E-state index < -0.39 is 12.0 Å². The number of carbonyl (C=O) groups is 1. The number of halogens is 2. The zero-order valence-electron chi connectivity index (χ0n) is 23.4. The molecule has 2 heterocycles. The van der Waals surface area contributed by atoms with Crippen LogP contribution in [0.1, 0.15) is 42.1 Å². The van der Waals surface area contributed by atoms with Crippen molar-refractivity contribution in [2.24, 2.45) is 4.99 Å². The average molecular weight is 652 g/mol. The lowest BCUT2D eigenvalue weighted by Gasteiger charge is -2.24. The van der Waals surface area contributed by atoms with Crippen molar-refractivity contribution in [3.05, 3.63) is 124 Å². The molecule has 0 fully saturated rings. The summed E-state index contributed by atoms with van der Waals surface area (Å²) in [7, 11) is 1.53. The van der Waals surface area contributed by atoms with Gasteiger partial charge in [-0.2, -0.15) is 0 Å². The van der Waals surface area contributed by atoms with Crippen molar-refractivity contribution in [3.63, 3.8) is 0 Å². The third-order valence-corrected chi connectivity index (χ3v) is 8.20. The third-order valence-electron chi connectivity index (χ3n) is 6.76. The zero-order chi connectivity index (χ0) is 30.0. The second-order valence-electron chi connectivity index (χ2n) is 9.65. The maximum Gasteiger partial charge on any atom is 0.338 e. The Kier molecular flexibility index (Phi) is 8.74. The van der Waals surface area contributed by atoms with E-state index in [0.717, 1.165) is 21.2 Å². The number of aryl methyl sites for hydroxylation is 1. The van der Waals surface area contributed by atoms with Crippen LogP contribution in [0.4, 0.5) is 4.39 Å². The Labute approximate surface area is 254 Å². The number of rotatable bonds is 8. The van der Waals surface area contributed by atoms with Crippen LogP contribution >= 0.6 is 27.3 Å². The second kappa shape index (κ2) is 12.5. The van der Waals surface area contributed by atoms with Gasteiger partial charge in [0.15, 0.2) is 16.3 Å². The second-order valence-corrected chi connectivity index (χ2v) is 11.6. The Bertz CT molecular complexity index is 1860. The molecule has 5 rings (SSSR count). The van der Waals surface area contributed by atoms with Gasteiger partial charge < -0.3 is 14.2 Å². The van der Waals surface area contributed by atoms with Crippen LogP contribution in [-0.4, -0.2) is 24.3 Å². The van der Waals surface area contributed by atoms with Crippen LogP contribution < -0.4 is 24.4 Å². The van der Waals surface area contributed by atoms with Crippen LogP contribution in [-0.2, 0) is 16.1 Å². The third kappa shape index (κ3) is 5.96. The van der Waals surface area contributed by atoms with E-state index in [1.807, 2.05) is 37.3 Å². The van der Waals surface area contributed by atoms with E-state index in [-0.39, 0.29) is 24.6 Å². The number of methoxy groups -OCH3 is 1. The number of hydrogen-bond acceptors (Lipinski definition) is 7. The van der Waals surface area contributed by atoms with E-state index in [9.17, 15) is 14.0 Å². The van der Waals surface area contributed by atoms with Gasteiger partial charge in [-0.15, -0.1) is 0 Å². The highest BCUT2D eigenvalue weighted by atomic mass is 79.9. The minimum Gasteiger partial charge on any atom is -0.493 e. The maximum atomic E-state index is 14.1. The van der Waals surface area contributed by atoms with E-state index in [1.54, 1.807) is 42.7 Å². The molecule has 0 amide bonds. The molecule has 0 radical (unpaired) electrons. The summed E-state index contributed by atoms with van der Waals surface area (Å²) in [6.07, 6.45) is 1.73. The van der Waals surface area contributed by atoms with E-state index in [4.69, 9.17) is 14.2 Å². The number of esters is 1. The molecule has 0 aliphatic carbocycles. The highest BCUT2D eigenvalue weighted by Gasteiger charge is 2.33. The molecule has 1 aromatic heterocycles. The van der Waals surface area contributed by atoms with Crippen molar-refractivity contribution in [2.45, 2.75) is 33.4 Å². The summed E-state index contributed by atoms with van der Waals surface area (Å²) < 4.78 is 33.2. The molecular formula is C32H28BrFN2O5S. The van der Waals surface area contributed by atoms with Crippen LogP contribution in [0.2, 0.25) is 0 Å². The topological polar surface area (TPSA) is 79.1 Å². The Morgan fingerprint density at radius 2 is 1.83 bits per heavy atom. The molecule has 0 unspecified atom stereocenters. The predicted octanol–water partition coefficient (Wildman–Crippen LogP) is 5.60. The van der Waals surface area contributed by atoms with Crippen molar-refractivity contribution in [2.75, 3.05) is 13.7 Å². The van der Waals surface area contributed by atoms with Gasteiger partial charge in [-0.1, -0.05) is 69.2 Å². The molecule has 10 heteroatoms. The van der Waals surface area contributed by atoms with Gasteiger partial charge in [0.05, 0.1) is 35.6 Å². The number of benzene rings is 3. The molecule has 0 bridgehead atoms. The standard InChI is InChI=1S/C32H28BrFN2O5S/c1-5-40-31(38)27-19(3)35-32-36(28(27)21-10-6-18(2)7-11-21)30(37)26(42-32)15-22-14-23(33)16-25(39-4)29(22)41-17-20-8-12-24(34)13-9-20/h6-16,28H,5,17H2,1-4H3/b26-15-/t28-/m0/s1. The van der Waals surface area contributed by atoms with Gasteiger partial charge in [0.2, 0.25) is 0 Å². The molecule has 216 valence electrons. The maximum absolute atomic E-state index is 14.1. The minimum absolute atomic E-state index is 0.163. The lowest BCUT2D eigenvalue weighted by Crippen LogP contribution is -2.39. The van der Waals surface area contributed by atoms with E-state index in [2.05, 4.69) is 20.9 Å². The summed E-state index contributed by atoms with van der Waals surface area (Å²) >= 11 is 4.74. The Morgan fingerprint density at radius 3 is 2.50 bits per heavy atom. The van der Waals surface area contributed by atoms with Gasteiger partial charge in [-0.25, -0.2) is 14.2 Å². The Balaban J connectivity index is 1.66. The number of hydrogen-bond donors (Lipinski definition) is 0. The van der Waals surface area contributed by atoms with Crippen LogP contribution in [0.25, 0.3) is 6.08 Å². The fourth-order valence-corrected chi connectivity index (χ4v) is 6.23. The predicted molar refractivity (Wildman–Crippen MR) is 163 cm³/mol. The number of fused-ring (bicyclic) bond motifs is 1. The minimum atomic E-state index is -0.700. The lowest BCUT2D eigenvalue weighted by atomic mass is 9.95. The SMILES string of the molecule is CCOC(=O)C1=C(C)N=c2s/c(=C\c3cc(Br)cc(OC)c3OCc3ccc(F)cc3)c(=O)n2[C@H]1c1ccc(C)cc1. The van der Waals surface area contributed by atoms with Crippen molar-refractivity contribution >= 4 is 39.3 Å². The van der Waals surface area contributed by atoms with Crippen LogP contribution in [0.15, 0.2) is 86.2 Å². The summed E-state index contributed by atoms with van der Waals surface area (Å²) in [5.41, 5.74) is 3.72. The smallest absolute Gasteiger partial charge is 0.338 e. The van der Waals surface area contributed by atoms with Crippen molar-refractivity contribution in [1.82, 2.24) is 4.57 Å². The van der Waals surface area contributed by atoms with Crippen molar-refractivity contribution in [3.8, 4) is 11.5 Å². The fourth-order valence-electron chi connectivity index (χ4n) is 4.74. The molecule has 1 atom stereocenters. The monoisotopic (exact) mass is 650 g/mol. The van der Waals surface area contributed by atoms with Gasteiger partial charge in [-0.05, 0) is 62.2 Å². The summed E-state index contributed by atoms with van der Waals surface area (Å²) in [6, 6.07) is 16.6. The van der Waals surface area contributed by atoms with E-state index >= 15 is 0 Å². The summed E-state index contributed by atoms with van der Waals surface area (Å²) in [5, 5.41) is 0. The largest absolute Gasteiger partial charge is 0.493 e. The van der Waals surface area contributed by atoms with Gasteiger partial charge in [-0.3, -0.25) is 9.36 Å². The van der Waals surface area contributed by atoms with Gasteiger partial charge in [0, 0.05) is 10.0 Å². The van der Waals surface area contributed by atoms with Crippen LogP contribution in [0.5, 0.6) is 11.5 Å². The molecule has 7 nitrogen and oxygen atoms in total. The summed E-state index contributed by atoms with van der Waals surface area (Å²) in [5.74, 6) is 0.0472. The van der Waals surface area contributed by atoms with Crippen molar-refractivity contribution < 1.29 is 23.4 Å². The molecular weight excluding hydrogens is 623 g/mol. The number of thiazole rings is 1. The molecule has 4 aromatic rings. The lowest BCUT2D eigenvalue weighted by molar-refractivity contribution is -0.139. The highest BCUT2D eigenvalue weighted by Crippen LogP contribution is 2.36. The quantitative estimate of drug-likeness (QED) is 0.232. The fraction of sp³-hybridized carbons (Fsp3) is 0.219. The van der Waals surface area contributed by atoms with Crippen molar-refractivity contribution in [1.29, 1.82) is 0 Å². The molecule has 0 saturated carbocycles. The number of ether oxygens (including phenoxy) is 3. The normalized spacial score (nSPS) is 14.8. The van der Waals surface area contributed by atoms with E-state index in [1.165, 1.54) is 30.6 Å². The zero-order valence-corrected chi connectivity index (χ0v) is 25.8. The van der Waals surface area contributed by atoms with E-state index in [0.29, 0.717) is 37.7 Å². The molecule has 1 aliphatic heterocycles. The van der Waals surface area contributed by atoms with Gasteiger partial charge in [0.1, 0.15) is 12.4 Å². The molecule has 1 aliphatic rings. The Hall–Kier alpha value is -4.02. The molecule has 0 saturated heterocycles. The molecule has 0 spiro atoms. The molecule has 42 heavy (non-hydrogen) atoms. The first-order chi connectivity index (χ1) is 20.2. The average Bonchev–Trinajstić information content (AvgIpc) is 3.26. The number of allylic oxidation sites excluding steroid dienone is 1. The number of aromatic nitrogens is 1. The van der Waals surface area contributed by atoms with Gasteiger partial charge in [0.25, 0.3) is 5.56 Å². The molecule has 3 aromatic carbocycles. The first-order valence-corrected chi connectivity index (χ1v) is 14.8. The highest BCUT2D eigenvalue weighted by molar-refractivity contribution is 9.10.